The van der Waals surface area contributed by atoms with Crippen molar-refractivity contribution in [3.05, 3.63) is 400 Å². The summed E-state index contributed by atoms with van der Waals surface area (Å²) in [6, 6.07) is 148. The van der Waals surface area contributed by atoms with Crippen molar-refractivity contribution in [3.8, 4) is 56.9 Å². The highest BCUT2D eigenvalue weighted by molar-refractivity contribution is 6.38. The van der Waals surface area contributed by atoms with Gasteiger partial charge in [-0.2, -0.15) is 0 Å². The van der Waals surface area contributed by atoms with E-state index in [1.165, 1.54) is 91.6 Å². The first-order valence-corrected chi connectivity index (χ1v) is 42.6. The van der Waals surface area contributed by atoms with Gasteiger partial charge in [-0.05, 0) is 212 Å². The predicted octanol–water partition coefficient (Wildman–Crippen LogP) is 30.5. The summed E-state index contributed by atoms with van der Waals surface area (Å²) in [7, 11) is 0. The van der Waals surface area contributed by atoms with Crippen molar-refractivity contribution in [3.63, 3.8) is 0 Å². The van der Waals surface area contributed by atoms with Crippen molar-refractivity contribution in [1.82, 2.24) is 38.2 Å². The molecule has 0 radical (unpaired) electrons. The molecule has 0 aliphatic carbocycles. The second-order valence-electron chi connectivity index (χ2n) is 33.4. The van der Waals surface area contributed by atoms with E-state index in [0.717, 1.165) is 170 Å². The van der Waals surface area contributed by atoms with Gasteiger partial charge in [0.05, 0.1) is 66.6 Å². The van der Waals surface area contributed by atoms with Crippen LogP contribution in [0.25, 0.3) is 274 Å². The average molecular weight is 1570 g/mol. The van der Waals surface area contributed by atoms with Gasteiger partial charge in [0.2, 0.25) is 11.9 Å². The number of rotatable bonds is 7. The SMILES string of the molecule is c1ccc(-n2c3ccccc3c3cc(-c4nc(-n5c6cc7ccccc7cc6c6c7c8ccccc8c8ccccc8c7ccc65)nc5cc(-c6ccc(-n7c8ccccc8c8cc(-c9nc(-n%10c%11cc%12ccccc%12cc%11c%11c%12c%13ccccc%13c%13ccccc%13c%12ccc%11%10)nc%10c9ccc9ccccc9%10)ccc87)cc6)c6ccccc6c45)ccc32)cc1. The van der Waals surface area contributed by atoms with Gasteiger partial charge in [0.15, 0.2) is 0 Å². The third kappa shape index (κ3) is 9.45. The van der Waals surface area contributed by atoms with Gasteiger partial charge in [0, 0.05) is 92.5 Å². The smallest absolute Gasteiger partial charge is 0.235 e. The van der Waals surface area contributed by atoms with E-state index < -0.39 is 0 Å². The molecule has 570 valence electrons. The maximum Gasteiger partial charge on any atom is 0.235 e. The van der Waals surface area contributed by atoms with Crippen molar-refractivity contribution in [2.24, 2.45) is 0 Å². The minimum Gasteiger partial charge on any atom is -0.309 e. The molecule has 0 saturated carbocycles. The Hall–Kier alpha value is -16.7. The molecule has 124 heavy (non-hydrogen) atoms. The van der Waals surface area contributed by atoms with E-state index >= 15 is 0 Å². The van der Waals surface area contributed by atoms with Crippen LogP contribution in [-0.4, -0.2) is 38.2 Å². The fraction of sp³-hybridized carbons (Fsp3) is 0. The number of benzene rings is 22. The molecule has 0 aliphatic rings. The highest BCUT2D eigenvalue weighted by Crippen LogP contribution is 2.50. The molecule has 0 spiro atoms. The number of para-hydroxylation sites is 3. The van der Waals surface area contributed by atoms with Crippen LogP contribution in [0.2, 0.25) is 0 Å². The first kappa shape index (κ1) is 67.2. The Labute approximate surface area is 707 Å². The molecule has 0 unspecified atom stereocenters. The lowest BCUT2D eigenvalue weighted by molar-refractivity contribution is 1.02. The summed E-state index contributed by atoms with van der Waals surface area (Å²) in [5.41, 5.74) is 18.4. The highest BCUT2D eigenvalue weighted by atomic mass is 15.2. The Morgan fingerprint density at radius 3 is 1.05 bits per heavy atom. The number of aromatic nitrogens is 8. The molecule has 0 N–H and O–H groups in total. The van der Waals surface area contributed by atoms with Crippen LogP contribution in [0, 0.1) is 0 Å². The monoisotopic (exact) mass is 1570 g/mol. The normalized spacial score (nSPS) is 12.4. The van der Waals surface area contributed by atoms with E-state index in [1.807, 2.05) is 0 Å². The van der Waals surface area contributed by atoms with Crippen LogP contribution in [0.5, 0.6) is 0 Å². The number of hydrogen-bond acceptors (Lipinski definition) is 4. The summed E-state index contributed by atoms with van der Waals surface area (Å²) < 4.78 is 9.51. The molecule has 8 heteroatoms. The lowest BCUT2D eigenvalue weighted by Gasteiger charge is -2.17. The second-order valence-corrected chi connectivity index (χ2v) is 33.4. The van der Waals surface area contributed by atoms with Crippen LogP contribution in [0.4, 0.5) is 0 Å². The fourth-order valence-corrected chi connectivity index (χ4v) is 21.7. The highest BCUT2D eigenvalue weighted by Gasteiger charge is 2.28. The van der Waals surface area contributed by atoms with E-state index in [4.69, 9.17) is 19.9 Å². The van der Waals surface area contributed by atoms with Crippen LogP contribution in [-0.2, 0) is 0 Å². The van der Waals surface area contributed by atoms with Gasteiger partial charge < -0.3 is 9.13 Å². The van der Waals surface area contributed by atoms with Gasteiger partial charge in [-0.3, -0.25) is 9.13 Å². The fourth-order valence-electron chi connectivity index (χ4n) is 21.7. The van der Waals surface area contributed by atoms with Gasteiger partial charge in [-0.15, -0.1) is 0 Å². The van der Waals surface area contributed by atoms with E-state index in [-0.39, 0.29) is 0 Å². The third-order valence-corrected chi connectivity index (χ3v) is 27.0. The number of nitrogens with zero attached hydrogens (tertiary/aromatic N) is 8. The molecule has 6 heterocycles. The minimum atomic E-state index is 0.593. The number of fused-ring (bicyclic) bond motifs is 34. The predicted molar refractivity (Wildman–Crippen MR) is 521 cm³/mol. The summed E-state index contributed by atoms with van der Waals surface area (Å²) in [5.74, 6) is 1.21. The van der Waals surface area contributed by atoms with Crippen molar-refractivity contribution in [2.75, 3.05) is 0 Å². The van der Waals surface area contributed by atoms with E-state index in [0.29, 0.717) is 11.9 Å². The number of hydrogen-bond donors (Lipinski definition) is 0. The molecular formula is C116H66N8. The van der Waals surface area contributed by atoms with Crippen LogP contribution in [0.1, 0.15) is 0 Å². The van der Waals surface area contributed by atoms with Gasteiger partial charge >= 0.3 is 0 Å². The van der Waals surface area contributed by atoms with Crippen molar-refractivity contribution < 1.29 is 0 Å². The van der Waals surface area contributed by atoms with Crippen molar-refractivity contribution in [1.29, 1.82) is 0 Å². The van der Waals surface area contributed by atoms with Crippen molar-refractivity contribution in [2.45, 2.75) is 0 Å². The molecular weight excluding hydrogens is 1510 g/mol. The Kier molecular flexibility index (Phi) is 13.8. The van der Waals surface area contributed by atoms with E-state index in [1.54, 1.807) is 0 Å². The Morgan fingerprint density at radius 2 is 0.524 bits per heavy atom. The molecule has 0 saturated heterocycles. The first-order valence-electron chi connectivity index (χ1n) is 42.6. The van der Waals surface area contributed by atoms with Crippen LogP contribution < -0.4 is 0 Å². The summed E-state index contributed by atoms with van der Waals surface area (Å²) in [6.45, 7) is 0. The lowest BCUT2D eigenvalue weighted by atomic mass is 9.91. The largest absolute Gasteiger partial charge is 0.309 e. The molecule has 0 aliphatic heterocycles. The summed E-state index contributed by atoms with van der Waals surface area (Å²) in [4.78, 5) is 23.7. The van der Waals surface area contributed by atoms with Crippen molar-refractivity contribution >= 4 is 217 Å². The molecule has 0 bridgehead atoms. The zero-order valence-electron chi connectivity index (χ0n) is 66.7. The quantitative estimate of drug-likeness (QED) is 0.149. The van der Waals surface area contributed by atoms with E-state index in [2.05, 4.69) is 419 Å². The topological polar surface area (TPSA) is 71.3 Å². The summed E-state index contributed by atoms with van der Waals surface area (Å²) in [6.07, 6.45) is 0. The summed E-state index contributed by atoms with van der Waals surface area (Å²) >= 11 is 0. The molecule has 6 aromatic heterocycles. The minimum absolute atomic E-state index is 0.593. The molecule has 22 aromatic carbocycles. The molecule has 28 rings (SSSR count). The van der Waals surface area contributed by atoms with Crippen LogP contribution >= 0.6 is 0 Å². The maximum atomic E-state index is 6.03. The standard InChI is InChI=1S/C116H66N8/c1-2-29-75(30-3-1)121-99-44-22-20-40-86(99)95-63-74(50-57-101(95)121)113-109-89-43-19-16-38-84(89)93(66-98(109)117-115(119-113)123-103-58-54-90-82-36-12-10-32-78(82)80-34-14-17-41-87(80)107(90)110(103)96-60-69-25-4-6-27-71(69)64-105(96)123)68-46-51-76(52-47-68)122-100-45-23-21-39-85(100)94-62-73(49-56-102(94)122)112-92-53-48-67-24-8-9-31-77(67)114(92)120-116(118-112)124-104-59-55-91-83-37-13-11-33-79(83)81-35-15-18-42-88(81)108(91)111(104)97-61-70-26-5-7-28-72(70)65-106(97)124/h1-66H. The summed E-state index contributed by atoms with van der Waals surface area (Å²) in [5, 5.41) is 35.0. The molecule has 0 fully saturated rings. The molecule has 28 aromatic rings. The molecule has 0 atom stereocenters. The zero-order chi connectivity index (χ0) is 80.7. The lowest BCUT2D eigenvalue weighted by Crippen LogP contribution is -2.04. The van der Waals surface area contributed by atoms with Crippen LogP contribution in [0.3, 0.4) is 0 Å². The average Bonchev–Trinajstić information content (AvgIpc) is 1.53. The first-order chi connectivity index (χ1) is 61.5. The molecule has 8 nitrogen and oxygen atoms in total. The van der Waals surface area contributed by atoms with Gasteiger partial charge in [0.25, 0.3) is 0 Å². The Bertz CT molecular complexity index is 9570. The Balaban J connectivity index is 0.641. The maximum absolute atomic E-state index is 6.03. The molecule has 0 amide bonds. The van der Waals surface area contributed by atoms with Gasteiger partial charge in [0.1, 0.15) is 0 Å². The van der Waals surface area contributed by atoms with E-state index in [9.17, 15) is 0 Å². The van der Waals surface area contributed by atoms with Gasteiger partial charge in [-0.25, -0.2) is 19.9 Å². The second kappa shape index (κ2) is 25.4. The Morgan fingerprint density at radius 1 is 0.161 bits per heavy atom. The van der Waals surface area contributed by atoms with Gasteiger partial charge in [-0.1, -0.05) is 291 Å². The van der Waals surface area contributed by atoms with Crippen LogP contribution in [0.15, 0.2) is 400 Å². The third-order valence-electron chi connectivity index (χ3n) is 27.0. The zero-order valence-corrected chi connectivity index (χ0v) is 66.7.